The molecule has 4 aromatic rings. The Morgan fingerprint density at radius 2 is 2.16 bits per heavy atom. The molecule has 8 nitrogen and oxygen atoms in total. The van der Waals surface area contributed by atoms with Crippen molar-refractivity contribution in [3.05, 3.63) is 58.5 Å². The zero-order valence-corrected chi connectivity index (χ0v) is 18.4. The lowest BCUT2D eigenvalue weighted by atomic mass is 10.1. The number of hydrogen-bond acceptors (Lipinski definition) is 7. The molecule has 0 atom stereocenters. The van der Waals surface area contributed by atoms with Crippen LogP contribution in [0.25, 0.3) is 21.5 Å². The Balaban J connectivity index is 1.60. The van der Waals surface area contributed by atoms with Crippen LogP contribution < -0.4 is 4.74 Å². The molecular formula is C22H23N5O3S. The Hall–Kier alpha value is -3.30. The molecule has 0 spiro atoms. The van der Waals surface area contributed by atoms with Crippen LogP contribution in [0.1, 0.15) is 34.2 Å². The largest absolute Gasteiger partial charge is 0.493 e. The summed E-state index contributed by atoms with van der Waals surface area (Å²) in [6.45, 7) is 4.53. The third kappa shape index (κ3) is 4.14. The highest BCUT2D eigenvalue weighted by Gasteiger charge is 2.18. The number of aromatic nitrogens is 4. The number of pyridine rings is 1. The molecule has 3 heterocycles. The second-order valence-electron chi connectivity index (χ2n) is 7.15. The van der Waals surface area contributed by atoms with Gasteiger partial charge in [0.05, 0.1) is 36.2 Å². The molecule has 160 valence electrons. The van der Waals surface area contributed by atoms with E-state index < -0.39 is 0 Å². The van der Waals surface area contributed by atoms with Crippen molar-refractivity contribution in [2.45, 2.75) is 27.0 Å². The van der Waals surface area contributed by atoms with E-state index in [9.17, 15) is 9.90 Å². The summed E-state index contributed by atoms with van der Waals surface area (Å²) >= 11 is 1.55. The fourth-order valence-electron chi connectivity index (χ4n) is 3.42. The number of carbonyl (C=O) groups excluding carboxylic acids is 1. The van der Waals surface area contributed by atoms with E-state index in [1.807, 2.05) is 25.3 Å². The van der Waals surface area contributed by atoms with Crippen molar-refractivity contribution in [3.8, 4) is 16.3 Å². The average molecular weight is 438 g/mol. The Labute approximate surface area is 183 Å². The molecule has 0 aliphatic rings. The van der Waals surface area contributed by atoms with Gasteiger partial charge in [0, 0.05) is 47.4 Å². The summed E-state index contributed by atoms with van der Waals surface area (Å²) in [5.74, 6) is 0.503. The van der Waals surface area contributed by atoms with Crippen molar-refractivity contribution < 1.29 is 14.6 Å². The number of rotatable bonds is 7. The summed E-state index contributed by atoms with van der Waals surface area (Å²) in [6.07, 6.45) is 3.29. The molecule has 1 amide bonds. The summed E-state index contributed by atoms with van der Waals surface area (Å²) in [6, 6.07) is 5.45. The molecule has 4 rings (SSSR count). The third-order valence-electron chi connectivity index (χ3n) is 4.93. The Kier molecular flexibility index (Phi) is 5.97. The Bertz CT molecular complexity index is 1230. The van der Waals surface area contributed by atoms with E-state index in [4.69, 9.17) is 4.74 Å². The highest BCUT2D eigenvalue weighted by Crippen LogP contribution is 2.33. The van der Waals surface area contributed by atoms with Crippen LogP contribution in [0.3, 0.4) is 0 Å². The number of amides is 1. The maximum absolute atomic E-state index is 13.1. The zero-order chi connectivity index (χ0) is 22.0. The minimum absolute atomic E-state index is 0.137. The first kappa shape index (κ1) is 21.0. The molecule has 3 aromatic heterocycles. The summed E-state index contributed by atoms with van der Waals surface area (Å²) in [5, 5.41) is 20.1. The molecule has 0 bridgehead atoms. The van der Waals surface area contributed by atoms with Gasteiger partial charge in [-0.25, -0.2) is 4.98 Å². The topological polar surface area (TPSA) is 104 Å². The molecular weight excluding hydrogens is 414 g/mol. The van der Waals surface area contributed by atoms with Crippen molar-refractivity contribution in [3.63, 3.8) is 0 Å². The van der Waals surface area contributed by atoms with Crippen molar-refractivity contribution >= 4 is 28.1 Å². The van der Waals surface area contributed by atoms with Gasteiger partial charge >= 0.3 is 0 Å². The highest BCUT2D eigenvalue weighted by atomic mass is 32.1. The quantitative estimate of drug-likeness (QED) is 0.458. The molecule has 0 aliphatic carbocycles. The van der Waals surface area contributed by atoms with Crippen LogP contribution in [0, 0.1) is 6.92 Å². The molecule has 2 N–H and O–H groups in total. The van der Waals surface area contributed by atoms with Crippen LogP contribution >= 0.6 is 11.3 Å². The number of benzene rings is 1. The number of thiazole rings is 1. The predicted molar refractivity (Wildman–Crippen MR) is 119 cm³/mol. The summed E-state index contributed by atoms with van der Waals surface area (Å²) < 4.78 is 5.81. The number of aliphatic hydroxyl groups excluding tert-OH is 1. The van der Waals surface area contributed by atoms with Gasteiger partial charge in [-0.2, -0.15) is 5.10 Å². The number of nitrogens with one attached hydrogen (secondary N) is 1. The van der Waals surface area contributed by atoms with Crippen LogP contribution in [0.5, 0.6) is 5.75 Å². The summed E-state index contributed by atoms with van der Waals surface area (Å²) in [5.41, 5.74) is 4.50. The van der Waals surface area contributed by atoms with Crippen molar-refractivity contribution in [2.24, 2.45) is 0 Å². The number of aryl methyl sites for hydroxylation is 1. The number of nitrogens with zero attached hydrogens (tertiary/aromatic N) is 4. The van der Waals surface area contributed by atoms with E-state index in [-0.39, 0.29) is 12.5 Å². The SMILES string of the molecule is CCOc1cc(C(=O)N(C)Cc2cnc(CO)c3cn[nH]c23)ccc1-c1nc(C)cs1. The van der Waals surface area contributed by atoms with E-state index in [0.717, 1.165) is 32.7 Å². The number of aromatic amines is 1. The minimum atomic E-state index is -0.170. The molecule has 9 heteroatoms. The smallest absolute Gasteiger partial charge is 0.254 e. The van der Waals surface area contributed by atoms with Gasteiger partial charge in [-0.15, -0.1) is 11.3 Å². The van der Waals surface area contributed by atoms with Crippen molar-refractivity contribution in [1.29, 1.82) is 0 Å². The number of fused-ring (bicyclic) bond motifs is 1. The van der Waals surface area contributed by atoms with Gasteiger partial charge in [0.15, 0.2) is 0 Å². The normalized spacial score (nSPS) is 11.1. The van der Waals surface area contributed by atoms with E-state index in [1.165, 1.54) is 0 Å². The average Bonchev–Trinajstić information content (AvgIpc) is 3.43. The van der Waals surface area contributed by atoms with Crippen LogP contribution in [-0.2, 0) is 13.2 Å². The lowest BCUT2D eigenvalue weighted by molar-refractivity contribution is 0.0785. The van der Waals surface area contributed by atoms with Gasteiger partial charge in [0.2, 0.25) is 0 Å². The van der Waals surface area contributed by atoms with E-state index in [0.29, 0.717) is 30.2 Å². The van der Waals surface area contributed by atoms with Crippen LogP contribution in [0.4, 0.5) is 0 Å². The van der Waals surface area contributed by atoms with Gasteiger partial charge < -0.3 is 14.7 Å². The van der Waals surface area contributed by atoms with Gasteiger partial charge in [0.25, 0.3) is 5.91 Å². The van der Waals surface area contributed by atoms with Crippen molar-refractivity contribution in [1.82, 2.24) is 25.1 Å². The standard InChI is InChI=1S/C22H23N5O3S/c1-4-30-19-7-14(5-6-16(19)21-25-13(2)12-31-21)22(29)27(3)10-15-8-23-18(11-28)17-9-24-26-20(15)17/h5-9,12,28H,4,10-11H2,1-3H3,(H,24,26). The van der Waals surface area contributed by atoms with Gasteiger partial charge in [-0.1, -0.05) is 0 Å². The Morgan fingerprint density at radius 1 is 1.32 bits per heavy atom. The maximum Gasteiger partial charge on any atom is 0.254 e. The third-order valence-corrected chi connectivity index (χ3v) is 5.92. The number of aliphatic hydroxyl groups is 1. The maximum atomic E-state index is 13.1. The molecule has 0 saturated heterocycles. The molecule has 31 heavy (non-hydrogen) atoms. The minimum Gasteiger partial charge on any atom is -0.493 e. The Morgan fingerprint density at radius 3 is 2.87 bits per heavy atom. The fourth-order valence-corrected chi connectivity index (χ4v) is 4.25. The summed E-state index contributed by atoms with van der Waals surface area (Å²) in [4.78, 5) is 23.6. The molecule has 0 aliphatic heterocycles. The van der Waals surface area contributed by atoms with Crippen LogP contribution in [0.15, 0.2) is 36.0 Å². The number of ether oxygens (including phenoxy) is 1. The van der Waals surface area contributed by atoms with Gasteiger partial charge in [-0.3, -0.25) is 14.9 Å². The number of H-pyrrole nitrogens is 1. The molecule has 0 saturated carbocycles. The first-order chi connectivity index (χ1) is 15.0. The van der Waals surface area contributed by atoms with Gasteiger partial charge in [0.1, 0.15) is 10.8 Å². The number of carbonyl (C=O) groups is 1. The van der Waals surface area contributed by atoms with Crippen LogP contribution in [0.2, 0.25) is 0 Å². The summed E-state index contributed by atoms with van der Waals surface area (Å²) in [7, 11) is 1.74. The first-order valence-corrected chi connectivity index (χ1v) is 10.7. The molecule has 0 unspecified atom stereocenters. The second kappa shape index (κ2) is 8.83. The highest BCUT2D eigenvalue weighted by molar-refractivity contribution is 7.13. The molecule has 0 radical (unpaired) electrons. The van der Waals surface area contributed by atoms with E-state index in [1.54, 1.807) is 47.8 Å². The van der Waals surface area contributed by atoms with Crippen LogP contribution in [-0.4, -0.2) is 49.7 Å². The second-order valence-corrected chi connectivity index (χ2v) is 8.00. The first-order valence-electron chi connectivity index (χ1n) is 9.87. The monoisotopic (exact) mass is 437 g/mol. The molecule has 1 aromatic carbocycles. The predicted octanol–water partition coefficient (Wildman–Crippen LogP) is 3.55. The lowest BCUT2D eigenvalue weighted by Gasteiger charge is -2.19. The number of hydrogen-bond donors (Lipinski definition) is 2. The van der Waals surface area contributed by atoms with E-state index >= 15 is 0 Å². The van der Waals surface area contributed by atoms with Gasteiger partial charge in [-0.05, 0) is 32.0 Å². The fraction of sp³-hybridized carbons (Fsp3) is 0.273. The molecule has 0 fully saturated rings. The van der Waals surface area contributed by atoms with E-state index in [2.05, 4.69) is 20.2 Å². The zero-order valence-electron chi connectivity index (χ0n) is 17.5. The van der Waals surface area contributed by atoms with Crippen molar-refractivity contribution in [2.75, 3.05) is 13.7 Å². The lowest BCUT2D eigenvalue weighted by Crippen LogP contribution is -2.26.